The molecule has 0 saturated heterocycles. The van der Waals surface area contributed by atoms with E-state index in [9.17, 15) is 14.9 Å². The Labute approximate surface area is 133 Å². The van der Waals surface area contributed by atoms with Crippen molar-refractivity contribution in [2.24, 2.45) is 0 Å². The second-order valence-corrected chi connectivity index (χ2v) is 6.23. The van der Waals surface area contributed by atoms with Crippen molar-refractivity contribution in [1.82, 2.24) is 0 Å². The number of carboxylic acids is 1. The van der Waals surface area contributed by atoms with Gasteiger partial charge in [-0.25, -0.2) is 4.79 Å². The van der Waals surface area contributed by atoms with Gasteiger partial charge in [-0.3, -0.25) is 10.1 Å². The van der Waals surface area contributed by atoms with E-state index in [1.54, 1.807) is 18.2 Å². The van der Waals surface area contributed by atoms with Gasteiger partial charge in [0.2, 0.25) is 0 Å². The summed E-state index contributed by atoms with van der Waals surface area (Å²) in [6.07, 6.45) is 0. The molecule has 2 aromatic rings. The Morgan fingerprint density at radius 1 is 1.29 bits per heavy atom. The van der Waals surface area contributed by atoms with Crippen LogP contribution in [0.25, 0.3) is 0 Å². The number of nitrogens with zero attached hydrogens (tertiary/aromatic N) is 1. The van der Waals surface area contributed by atoms with Crippen LogP contribution in [0.2, 0.25) is 0 Å². The first-order valence-corrected chi connectivity index (χ1v) is 7.45. The first-order valence-electron chi connectivity index (χ1n) is 5.84. The van der Waals surface area contributed by atoms with E-state index in [1.165, 1.54) is 30.0 Å². The Balaban J connectivity index is 2.38. The number of carboxylic acid groups (broad SMARTS) is 1. The molecule has 0 saturated carbocycles. The summed E-state index contributed by atoms with van der Waals surface area (Å²) in [4.78, 5) is 22.9. The molecule has 0 aliphatic carbocycles. The van der Waals surface area contributed by atoms with Gasteiger partial charge in [0.05, 0.1) is 10.5 Å². The highest BCUT2D eigenvalue weighted by molar-refractivity contribution is 9.10. The van der Waals surface area contributed by atoms with Gasteiger partial charge in [-0.2, -0.15) is 0 Å². The molecule has 0 aliphatic rings. The summed E-state index contributed by atoms with van der Waals surface area (Å²) in [7, 11) is 0. The fourth-order valence-electron chi connectivity index (χ4n) is 1.67. The van der Waals surface area contributed by atoms with Crippen LogP contribution < -0.4 is 0 Å². The lowest BCUT2D eigenvalue weighted by Gasteiger charge is -2.07. The third-order valence-electron chi connectivity index (χ3n) is 2.78. The van der Waals surface area contributed by atoms with Gasteiger partial charge >= 0.3 is 5.97 Å². The number of nitro benzene ring substituents is 1. The number of hydrogen-bond donors (Lipinski definition) is 1. The fourth-order valence-corrected chi connectivity index (χ4v) is 3.06. The third kappa shape index (κ3) is 3.62. The first-order chi connectivity index (χ1) is 9.88. The molecule has 0 heterocycles. The van der Waals surface area contributed by atoms with Crippen molar-refractivity contribution in [3.63, 3.8) is 0 Å². The van der Waals surface area contributed by atoms with Gasteiger partial charge in [0.25, 0.3) is 5.69 Å². The average Bonchev–Trinajstić information content (AvgIpc) is 2.42. The number of aryl methyl sites for hydroxylation is 1. The molecular formula is C14H10BrNO4S. The molecule has 5 nitrogen and oxygen atoms in total. The summed E-state index contributed by atoms with van der Waals surface area (Å²) in [5.74, 6) is -1.03. The minimum atomic E-state index is -1.03. The van der Waals surface area contributed by atoms with Crippen LogP contribution in [0.15, 0.2) is 50.7 Å². The molecule has 0 aliphatic heterocycles. The predicted octanol–water partition coefficient (Wildman–Crippen LogP) is 4.52. The van der Waals surface area contributed by atoms with Crippen molar-refractivity contribution in [1.29, 1.82) is 0 Å². The van der Waals surface area contributed by atoms with Crippen molar-refractivity contribution < 1.29 is 14.8 Å². The number of rotatable bonds is 4. The molecule has 21 heavy (non-hydrogen) atoms. The minimum Gasteiger partial charge on any atom is -0.478 e. The van der Waals surface area contributed by atoms with Crippen LogP contribution in [-0.4, -0.2) is 16.0 Å². The quantitative estimate of drug-likeness (QED) is 0.634. The van der Waals surface area contributed by atoms with E-state index in [4.69, 9.17) is 5.11 Å². The molecule has 0 amide bonds. The average molecular weight is 368 g/mol. The SMILES string of the molecule is Cc1ccc([N+](=O)[O-])cc1Sc1ccc(Br)c(C(=O)O)c1. The van der Waals surface area contributed by atoms with Gasteiger partial charge in [0.1, 0.15) is 0 Å². The summed E-state index contributed by atoms with van der Waals surface area (Å²) in [6, 6.07) is 9.57. The van der Waals surface area contributed by atoms with Crippen LogP contribution >= 0.6 is 27.7 Å². The molecule has 0 bridgehead atoms. The van der Waals surface area contributed by atoms with Gasteiger partial charge < -0.3 is 5.11 Å². The molecule has 1 N–H and O–H groups in total. The number of aromatic carboxylic acids is 1. The molecule has 7 heteroatoms. The lowest BCUT2D eigenvalue weighted by Crippen LogP contribution is -1.97. The normalized spacial score (nSPS) is 10.4. The van der Waals surface area contributed by atoms with Crippen LogP contribution in [-0.2, 0) is 0 Å². The number of hydrogen-bond acceptors (Lipinski definition) is 4. The summed E-state index contributed by atoms with van der Waals surface area (Å²) < 4.78 is 0.495. The smallest absolute Gasteiger partial charge is 0.336 e. The second kappa shape index (κ2) is 6.28. The molecule has 0 radical (unpaired) electrons. The van der Waals surface area contributed by atoms with Crippen molar-refractivity contribution in [2.75, 3.05) is 0 Å². The zero-order valence-electron chi connectivity index (χ0n) is 10.9. The molecule has 0 fully saturated rings. The summed E-state index contributed by atoms with van der Waals surface area (Å²) in [6.45, 7) is 1.85. The molecule has 2 rings (SSSR count). The maximum Gasteiger partial charge on any atom is 0.336 e. The van der Waals surface area contributed by atoms with Crippen molar-refractivity contribution in [2.45, 2.75) is 16.7 Å². The third-order valence-corrected chi connectivity index (χ3v) is 4.62. The van der Waals surface area contributed by atoms with E-state index in [0.717, 1.165) is 10.5 Å². The second-order valence-electron chi connectivity index (χ2n) is 4.26. The van der Waals surface area contributed by atoms with Crippen LogP contribution in [0.1, 0.15) is 15.9 Å². The highest BCUT2D eigenvalue weighted by Gasteiger charge is 2.13. The topological polar surface area (TPSA) is 80.4 Å². The fraction of sp³-hybridized carbons (Fsp3) is 0.0714. The van der Waals surface area contributed by atoms with Gasteiger partial charge in [-0.15, -0.1) is 0 Å². The maximum absolute atomic E-state index is 11.1. The van der Waals surface area contributed by atoms with E-state index in [1.807, 2.05) is 6.92 Å². The Kier molecular flexibility index (Phi) is 4.64. The summed E-state index contributed by atoms with van der Waals surface area (Å²) in [5, 5.41) is 19.9. The number of carbonyl (C=O) groups is 1. The molecule has 0 unspecified atom stereocenters. The van der Waals surface area contributed by atoms with Crippen LogP contribution in [0.4, 0.5) is 5.69 Å². The van der Waals surface area contributed by atoms with Crippen molar-refractivity contribution in [3.8, 4) is 0 Å². The highest BCUT2D eigenvalue weighted by atomic mass is 79.9. The number of halogens is 1. The number of benzene rings is 2. The summed E-state index contributed by atoms with van der Waals surface area (Å²) in [5.41, 5.74) is 1.06. The Morgan fingerprint density at radius 3 is 2.62 bits per heavy atom. The largest absolute Gasteiger partial charge is 0.478 e. The zero-order chi connectivity index (χ0) is 15.6. The van der Waals surface area contributed by atoms with E-state index < -0.39 is 10.9 Å². The molecule has 0 spiro atoms. The standard InChI is InChI=1S/C14H10BrNO4S/c1-8-2-3-9(16(19)20)6-13(8)21-10-4-5-12(15)11(7-10)14(17)18/h2-7H,1H3,(H,17,18). The van der Waals surface area contributed by atoms with E-state index in [0.29, 0.717) is 9.37 Å². The zero-order valence-corrected chi connectivity index (χ0v) is 13.3. The van der Waals surface area contributed by atoms with E-state index >= 15 is 0 Å². The van der Waals surface area contributed by atoms with Gasteiger partial charge in [0.15, 0.2) is 0 Å². The number of non-ortho nitro benzene ring substituents is 1. The monoisotopic (exact) mass is 367 g/mol. The molecule has 0 aromatic heterocycles. The van der Waals surface area contributed by atoms with Crippen LogP contribution in [0.3, 0.4) is 0 Å². The molecule has 0 atom stereocenters. The first kappa shape index (κ1) is 15.5. The van der Waals surface area contributed by atoms with Crippen molar-refractivity contribution in [3.05, 3.63) is 62.1 Å². The lowest BCUT2D eigenvalue weighted by molar-refractivity contribution is -0.385. The Hall–Kier alpha value is -1.86. The minimum absolute atomic E-state index is 0.0127. The van der Waals surface area contributed by atoms with Crippen LogP contribution in [0, 0.1) is 17.0 Å². The molecule has 2 aromatic carbocycles. The maximum atomic E-state index is 11.1. The van der Waals surface area contributed by atoms with E-state index in [2.05, 4.69) is 15.9 Å². The Bertz CT molecular complexity index is 733. The highest BCUT2D eigenvalue weighted by Crippen LogP contribution is 2.34. The van der Waals surface area contributed by atoms with Gasteiger partial charge in [0, 0.05) is 26.4 Å². The molecule has 108 valence electrons. The van der Waals surface area contributed by atoms with Gasteiger partial charge in [-0.05, 0) is 46.6 Å². The number of nitro groups is 1. The predicted molar refractivity (Wildman–Crippen MR) is 83.1 cm³/mol. The van der Waals surface area contributed by atoms with Crippen molar-refractivity contribution >= 4 is 39.3 Å². The molecular weight excluding hydrogens is 358 g/mol. The summed E-state index contributed by atoms with van der Waals surface area (Å²) >= 11 is 4.48. The van der Waals surface area contributed by atoms with Crippen LogP contribution in [0.5, 0.6) is 0 Å². The van der Waals surface area contributed by atoms with Gasteiger partial charge in [-0.1, -0.05) is 17.8 Å². The lowest BCUT2D eigenvalue weighted by atomic mass is 10.2. The Morgan fingerprint density at radius 2 is 2.00 bits per heavy atom. The van der Waals surface area contributed by atoms with E-state index in [-0.39, 0.29) is 11.3 Å².